The molecule has 0 amide bonds. The van der Waals surface area contributed by atoms with Crippen LogP contribution in [0.2, 0.25) is 0 Å². The van der Waals surface area contributed by atoms with Gasteiger partial charge < -0.3 is 14.4 Å². The average molecular weight is 466 g/mol. The molecule has 34 heavy (non-hydrogen) atoms. The normalized spacial score (nSPS) is 11.8. The molecule has 5 heteroatoms. The van der Waals surface area contributed by atoms with Gasteiger partial charge in [-0.05, 0) is 68.0 Å². The van der Waals surface area contributed by atoms with Crippen molar-refractivity contribution in [3.05, 3.63) is 71.8 Å². The van der Waals surface area contributed by atoms with Gasteiger partial charge in [-0.2, -0.15) is 0 Å². The molecule has 0 aromatic heterocycles. The molecule has 184 valence electrons. The third-order valence-corrected chi connectivity index (χ3v) is 5.89. The van der Waals surface area contributed by atoms with Crippen LogP contribution in [-0.2, 0) is 25.5 Å². The highest BCUT2D eigenvalue weighted by atomic mass is 16.5. The number of hydrogen-bond acceptors (Lipinski definition) is 5. The van der Waals surface area contributed by atoms with Crippen LogP contribution in [0.1, 0.15) is 56.1 Å². The minimum absolute atomic E-state index is 0.116. The molecule has 1 unspecified atom stereocenters. The van der Waals surface area contributed by atoms with E-state index < -0.39 is 0 Å². The lowest BCUT2D eigenvalue weighted by atomic mass is 9.91. The standard InChI is InChI=1S/C29H39NO4/c1-5-6-7-8-24-9-11-25(12-10-24)26-13-15-27(16-14-26)28(17-19-33-22-31)18-20-34-29(32)23(2)21-30(3)4/h9-16,22,28H,2,5-8,17-21H2,1,3-4H3. The molecule has 0 aliphatic carbocycles. The van der Waals surface area contributed by atoms with E-state index >= 15 is 0 Å². The van der Waals surface area contributed by atoms with E-state index in [0.29, 0.717) is 38.0 Å². The van der Waals surface area contributed by atoms with Crippen LogP contribution < -0.4 is 0 Å². The largest absolute Gasteiger partial charge is 0.468 e. The zero-order valence-electron chi connectivity index (χ0n) is 20.9. The topological polar surface area (TPSA) is 55.8 Å². The summed E-state index contributed by atoms with van der Waals surface area (Å²) in [5.41, 5.74) is 5.31. The number of carbonyl (C=O) groups is 2. The number of aryl methyl sites for hydroxylation is 1. The van der Waals surface area contributed by atoms with Crippen LogP contribution in [0.25, 0.3) is 11.1 Å². The quantitative estimate of drug-likeness (QED) is 0.136. The van der Waals surface area contributed by atoms with E-state index in [4.69, 9.17) is 9.47 Å². The van der Waals surface area contributed by atoms with E-state index in [1.165, 1.54) is 30.4 Å². The van der Waals surface area contributed by atoms with Gasteiger partial charge in [0.1, 0.15) is 0 Å². The fraction of sp³-hybridized carbons (Fsp3) is 0.448. The van der Waals surface area contributed by atoms with Gasteiger partial charge in [-0.15, -0.1) is 0 Å². The minimum Gasteiger partial charge on any atom is -0.468 e. The molecule has 0 fully saturated rings. The van der Waals surface area contributed by atoms with Crippen molar-refractivity contribution in [2.24, 2.45) is 0 Å². The van der Waals surface area contributed by atoms with Crippen LogP contribution in [0.15, 0.2) is 60.7 Å². The van der Waals surface area contributed by atoms with E-state index in [1.807, 2.05) is 19.0 Å². The van der Waals surface area contributed by atoms with Gasteiger partial charge >= 0.3 is 5.97 Å². The number of likely N-dealkylation sites (N-methyl/N-ethyl adjacent to an activating group) is 1. The molecule has 0 bridgehead atoms. The lowest BCUT2D eigenvalue weighted by molar-refractivity contribution is -0.139. The molecular weight excluding hydrogens is 426 g/mol. The summed E-state index contributed by atoms with van der Waals surface area (Å²) < 4.78 is 10.4. The second-order valence-corrected chi connectivity index (χ2v) is 8.99. The van der Waals surface area contributed by atoms with Gasteiger partial charge in [-0.3, -0.25) is 4.79 Å². The second kappa shape index (κ2) is 15.1. The van der Waals surface area contributed by atoms with Gasteiger partial charge in [-0.1, -0.05) is 74.9 Å². The van der Waals surface area contributed by atoms with Gasteiger partial charge in [0, 0.05) is 12.1 Å². The zero-order valence-corrected chi connectivity index (χ0v) is 20.9. The summed E-state index contributed by atoms with van der Waals surface area (Å²) in [6.07, 6.45) is 6.19. The van der Waals surface area contributed by atoms with Crippen molar-refractivity contribution in [2.45, 2.75) is 51.4 Å². The highest BCUT2D eigenvalue weighted by Gasteiger charge is 2.15. The Kier molecular flexibility index (Phi) is 12.1. The number of hydrogen-bond donors (Lipinski definition) is 0. The Bertz CT molecular complexity index is 887. The lowest BCUT2D eigenvalue weighted by Crippen LogP contribution is -2.21. The van der Waals surface area contributed by atoms with Crippen LogP contribution in [-0.4, -0.2) is 51.2 Å². The van der Waals surface area contributed by atoms with Crippen molar-refractivity contribution in [3.63, 3.8) is 0 Å². The summed E-state index contributed by atoms with van der Waals surface area (Å²) in [5, 5.41) is 0. The zero-order chi connectivity index (χ0) is 24.8. The molecule has 0 saturated carbocycles. The van der Waals surface area contributed by atoms with E-state index in [1.54, 1.807) is 0 Å². The number of nitrogens with zero attached hydrogens (tertiary/aromatic N) is 1. The van der Waals surface area contributed by atoms with Gasteiger partial charge in [0.25, 0.3) is 6.47 Å². The lowest BCUT2D eigenvalue weighted by Gasteiger charge is -2.18. The highest BCUT2D eigenvalue weighted by molar-refractivity contribution is 5.88. The molecule has 0 radical (unpaired) electrons. The van der Waals surface area contributed by atoms with Crippen molar-refractivity contribution in [1.29, 1.82) is 0 Å². The number of benzene rings is 2. The Balaban J connectivity index is 1.99. The molecule has 0 heterocycles. The molecule has 0 N–H and O–H groups in total. The van der Waals surface area contributed by atoms with Crippen LogP contribution >= 0.6 is 0 Å². The first-order chi connectivity index (χ1) is 16.4. The fourth-order valence-electron chi connectivity index (χ4n) is 3.97. The maximum Gasteiger partial charge on any atom is 0.334 e. The molecule has 1 atom stereocenters. The first-order valence-corrected chi connectivity index (χ1v) is 12.2. The highest BCUT2D eigenvalue weighted by Crippen LogP contribution is 2.27. The Labute approximate surface area is 204 Å². The fourth-order valence-corrected chi connectivity index (χ4v) is 3.97. The predicted molar refractivity (Wildman–Crippen MR) is 138 cm³/mol. The van der Waals surface area contributed by atoms with Crippen LogP contribution in [0.4, 0.5) is 0 Å². The number of esters is 1. The number of unbranched alkanes of at least 4 members (excludes halogenated alkanes) is 2. The van der Waals surface area contributed by atoms with E-state index in [2.05, 4.69) is 62.0 Å². The molecule has 2 aromatic rings. The summed E-state index contributed by atoms with van der Waals surface area (Å²) in [6.45, 7) is 7.58. The summed E-state index contributed by atoms with van der Waals surface area (Å²) in [5.74, 6) is -0.255. The summed E-state index contributed by atoms with van der Waals surface area (Å²) in [7, 11) is 3.76. The second-order valence-electron chi connectivity index (χ2n) is 8.99. The first kappa shape index (κ1) is 27.3. The van der Waals surface area contributed by atoms with Crippen LogP contribution in [0.3, 0.4) is 0 Å². The number of carbonyl (C=O) groups excluding carboxylic acids is 2. The van der Waals surface area contributed by atoms with Crippen LogP contribution in [0.5, 0.6) is 0 Å². The van der Waals surface area contributed by atoms with Crippen LogP contribution in [0, 0.1) is 0 Å². The molecule has 2 aromatic carbocycles. The first-order valence-electron chi connectivity index (χ1n) is 12.2. The Morgan fingerprint density at radius 3 is 2.18 bits per heavy atom. The maximum absolute atomic E-state index is 12.1. The Hall–Kier alpha value is -2.92. The van der Waals surface area contributed by atoms with Gasteiger partial charge in [0.15, 0.2) is 0 Å². The smallest absolute Gasteiger partial charge is 0.334 e. The monoisotopic (exact) mass is 465 g/mol. The molecular formula is C29H39NO4. The van der Waals surface area contributed by atoms with Crippen molar-refractivity contribution >= 4 is 12.4 Å². The average Bonchev–Trinajstić information content (AvgIpc) is 2.83. The van der Waals surface area contributed by atoms with Crippen molar-refractivity contribution in [3.8, 4) is 11.1 Å². The maximum atomic E-state index is 12.1. The Morgan fingerprint density at radius 1 is 0.971 bits per heavy atom. The van der Waals surface area contributed by atoms with Crippen molar-refractivity contribution < 1.29 is 19.1 Å². The molecule has 0 spiro atoms. The van der Waals surface area contributed by atoms with E-state index in [9.17, 15) is 9.59 Å². The summed E-state index contributed by atoms with van der Waals surface area (Å²) in [6, 6.07) is 17.3. The molecule has 0 aliphatic heterocycles. The van der Waals surface area contributed by atoms with Gasteiger partial charge in [-0.25, -0.2) is 4.79 Å². The molecule has 5 nitrogen and oxygen atoms in total. The van der Waals surface area contributed by atoms with E-state index in [-0.39, 0.29) is 18.5 Å². The van der Waals surface area contributed by atoms with E-state index in [0.717, 1.165) is 17.5 Å². The SMILES string of the molecule is C=C(CN(C)C)C(=O)OCCC(CCOC=O)c1ccc(-c2ccc(CCCCC)cc2)cc1. The number of rotatable bonds is 16. The molecule has 0 saturated heterocycles. The van der Waals surface area contributed by atoms with Crippen molar-refractivity contribution in [2.75, 3.05) is 33.9 Å². The third kappa shape index (κ3) is 9.52. The predicted octanol–water partition coefficient (Wildman–Crippen LogP) is 5.78. The third-order valence-electron chi connectivity index (χ3n) is 5.89. The minimum atomic E-state index is -0.370. The van der Waals surface area contributed by atoms with Gasteiger partial charge in [0.2, 0.25) is 0 Å². The summed E-state index contributed by atoms with van der Waals surface area (Å²) >= 11 is 0. The molecule has 2 rings (SSSR count). The molecule has 0 aliphatic rings. The van der Waals surface area contributed by atoms with Crippen molar-refractivity contribution in [1.82, 2.24) is 4.90 Å². The number of ether oxygens (including phenoxy) is 2. The van der Waals surface area contributed by atoms with Gasteiger partial charge in [0.05, 0.1) is 13.2 Å². The Morgan fingerprint density at radius 2 is 1.59 bits per heavy atom. The summed E-state index contributed by atoms with van der Waals surface area (Å²) in [4.78, 5) is 24.6.